The van der Waals surface area contributed by atoms with E-state index in [4.69, 9.17) is 14.2 Å². The smallest absolute Gasteiger partial charge is 0.168 e. The molecule has 21 heavy (non-hydrogen) atoms. The lowest BCUT2D eigenvalue weighted by Crippen LogP contribution is -2.52. The molecule has 3 rings (SSSR count). The van der Waals surface area contributed by atoms with Crippen molar-refractivity contribution in [2.45, 2.75) is 69.0 Å². The van der Waals surface area contributed by atoms with E-state index >= 15 is 0 Å². The van der Waals surface area contributed by atoms with Gasteiger partial charge in [0.2, 0.25) is 0 Å². The molecule has 1 spiro atoms. The van der Waals surface area contributed by atoms with Crippen LogP contribution in [0.1, 0.15) is 57.8 Å². The number of ketones is 1. The molecule has 1 unspecified atom stereocenters. The first-order chi connectivity index (χ1) is 10.2. The van der Waals surface area contributed by atoms with Crippen molar-refractivity contribution >= 4 is 5.78 Å². The van der Waals surface area contributed by atoms with Crippen LogP contribution < -0.4 is 0 Å². The molecule has 0 bridgehead atoms. The predicted molar refractivity (Wildman–Crippen MR) is 79.3 cm³/mol. The Labute approximate surface area is 127 Å². The van der Waals surface area contributed by atoms with Gasteiger partial charge in [-0.1, -0.05) is 19.3 Å². The minimum atomic E-state index is -0.601. The van der Waals surface area contributed by atoms with E-state index in [0.29, 0.717) is 31.8 Å². The summed E-state index contributed by atoms with van der Waals surface area (Å²) in [5, 5.41) is 0. The number of hydrogen-bond acceptors (Lipinski definition) is 4. The SMILES string of the molecule is COC1(C(=O)C2CCOC3(CCCCC3)C2)CCOCC1. The third-order valence-electron chi connectivity index (χ3n) is 5.77. The van der Waals surface area contributed by atoms with Crippen LogP contribution in [0, 0.1) is 5.92 Å². The molecule has 4 nitrogen and oxygen atoms in total. The van der Waals surface area contributed by atoms with Crippen LogP contribution in [0.25, 0.3) is 0 Å². The van der Waals surface area contributed by atoms with Crippen LogP contribution in [-0.4, -0.2) is 43.9 Å². The van der Waals surface area contributed by atoms with E-state index < -0.39 is 5.60 Å². The highest BCUT2D eigenvalue weighted by Gasteiger charge is 2.48. The summed E-state index contributed by atoms with van der Waals surface area (Å²) in [6, 6.07) is 0. The van der Waals surface area contributed by atoms with Crippen LogP contribution in [0.3, 0.4) is 0 Å². The topological polar surface area (TPSA) is 44.8 Å². The maximum Gasteiger partial charge on any atom is 0.168 e. The fourth-order valence-corrected chi connectivity index (χ4v) is 4.42. The molecule has 1 aliphatic carbocycles. The highest BCUT2D eigenvalue weighted by atomic mass is 16.5. The Balaban J connectivity index is 1.71. The van der Waals surface area contributed by atoms with Crippen molar-refractivity contribution in [3.63, 3.8) is 0 Å². The molecule has 0 aromatic rings. The Kier molecular flexibility index (Phi) is 4.67. The number of rotatable bonds is 3. The van der Waals surface area contributed by atoms with Gasteiger partial charge < -0.3 is 14.2 Å². The molecule has 4 heteroatoms. The second kappa shape index (κ2) is 6.35. The average molecular weight is 296 g/mol. The van der Waals surface area contributed by atoms with Gasteiger partial charge >= 0.3 is 0 Å². The normalized spacial score (nSPS) is 32.0. The summed E-state index contributed by atoms with van der Waals surface area (Å²) < 4.78 is 17.2. The highest BCUT2D eigenvalue weighted by Crippen LogP contribution is 2.43. The zero-order chi connectivity index (χ0) is 14.8. The molecular weight excluding hydrogens is 268 g/mol. The predicted octanol–water partition coefficient (Wildman–Crippen LogP) is 2.88. The second-order valence-electron chi connectivity index (χ2n) is 6.96. The van der Waals surface area contributed by atoms with Crippen molar-refractivity contribution in [2.75, 3.05) is 26.9 Å². The lowest BCUT2D eigenvalue weighted by molar-refractivity contribution is -0.169. The van der Waals surface area contributed by atoms with Gasteiger partial charge in [-0.25, -0.2) is 0 Å². The average Bonchev–Trinajstić information content (AvgIpc) is 2.55. The number of carbonyl (C=O) groups is 1. The van der Waals surface area contributed by atoms with Crippen molar-refractivity contribution in [3.8, 4) is 0 Å². The molecule has 0 radical (unpaired) electrons. The number of Topliss-reactive ketones (excluding diaryl/α,β-unsaturated/α-hetero) is 1. The molecule has 1 saturated carbocycles. The Morgan fingerprint density at radius 1 is 1.05 bits per heavy atom. The van der Waals surface area contributed by atoms with Gasteiger partial charge in [0.15, 0.2) is 5.78 Å². The Hall–Kier alpha value is -0.450. The molecule has 0 amide bonds. The van der Waals surface area contributed by atoms with Gasteiger partial charge in [0.25, 0.3) is 0 Å². The summed E-state index contributed by atoms with van der Waals surface area (Å²) in [7, 11) is 1.68. The lowest BCUT2D eigenvalue weighted by atomic mass is 9.71. The van der Waals surface area contributed by atoms with Crippen LogP contribution in [0.2, 0.25) is 0 Å². The zero-order valence-electron chi connectivity index (χ0n) is 13.2. The Morgan fingerprint density at radius 2 is 1.76 bits per heavy atom. The standard InChI is InChI=1S/C17H28O4/c1-19-17(8-11-20-12-9-17)15(18)14-5-10-21-16(13-14)6-3-2-4-7-16/h14H,2-13H2,1H3. The van der Waals surface area contributed by atoms with Gasteiger partial charge in [0.1, 0.15) is 5.60 Å². The first-order valence-corrected chi connectivity index (χ1v) is 8.51. The van der Waals surface area contributed by atoms with Crippen molar-refractivity contribution in [1.82, 2.24) is 0 Å². The maximum absolute atomic E-state index is 13.1. The molecular formula is C17H28O4. The van der Waals surface area contributed by atoms with E-state index in [1.165, 1.54) is 19.3 Å². The van der Waals surface area contributed by atoms with Crippen LogP contribution in [0.15, 0.2) is 0 Å². The molecule has 2 saturated heterocycles. The van der Waals surface area contributed by atoms with Gasteiger partial charge in [-0.2, -0.15) is 0 Å². The van der Waals surface area contributed by atoms with E-state index in [1.807, 2.05) is 0 Å². The number of ether oxygens (including phenoxy) is 3. The Morgan fingerprint density at radius 3 is 2.43 bits per heavy atom. The van der Waals surface area contributed by atoms with E-state index in [0.717, 1.165) is 32.3 Å². The van der Waals surface area contributed by atoms with Crippen molar-refractivity contribution in [3.05, 3.63) is 0 Å². The van der Waals surface area contributed by atoms with Gasteiger partial charge in [-0.15, -0.1) is 0 Å². The summed E-state index contributed by atoms with van der Waals surface area (Å²) in [6.45, 7) is 1.99. The summed E-state index contributed by atoms with van der Waals surface area (Å²) >= 11 is 0. The molecule has 3 fully saturated rings. The van der Waals surface area contributed by atoms with E-state index in [1.54, 1.807) is 7.11 Å². The van der Waals surface area contributed by atoms with Gasteiger partial charge in [0.05, 0.1) is 5.60 Å². The van der Waals surface area contributed by atoms with Crippen molar-refractivity contribution in [2.24, 2.45) is 5.92 Å². The van der Waals surface area contributed by atoms with Crippen LogP contribution in [0.4, 0.5) is 0 Å². The maximum atomic E-state index is 13.1. The van der Waals surface area contributed by atoms with Gasteiger partial charge in [-0.3, -0.25) is 4.79 Å². The Bertz CT molecular complexity index is 361. The second-order valence-corrected chi connectivity index (χ2v) is 6.96. The van der Waals surface area contributed by atoms with Gasteiger partial charge in [0, 0.05) is 45.7 Å². The van der Waals surface area contributed by atoms with E-state index in [2.05, 4.69) is 0 Å². The molecule has 1 atom stereocenters. The third kappa shape index (κ3) is 3.03. The lowest BCUT2D eigenvalue weighted by Gasteiger charge is -2.45. The van der Waals surface area contributed by atoms with Crippen molar-refractivity contribution in [1.29, 1.82) is 0 Å². The molecule has 2 aliphatic heterocycles. The monoisotopic (exact) mass is 296 g/mol. The van der Waals surface area contributed by atoms with Gasteiger partial charge in [-0.05, 0) is 25.7 Å². The fourth-order valence-electron chi connectivity index (χ4n) is 4.42. The first kappa shape index (κ1) is 15.4. The molecule has 120 valence electrons. The molecule has 3 aliphatic rings. The van der Waals surface area contributed by atoms with Crippen molar-refractivity contribution < 1.29 is 19.0 Å². The largest absolute Gasteiger partial charge is 0.381 e. The van der Waals surface area contributed by atoms with E-state index in [9.17, 15) is 4.79 Å². The molecule has 0 aromatic carbocycles. The van der Waals surface area contributed by atoms with Crippen LogP contribution >= 0.6 is 0 Å². The van der Waals surface area contributed by atoms with E-state index in [-0.39, 0.29) is 11.5 Å². The number of methoxy groups -OCH3 is 1. The zero-order valence-corrected chi connectivity index (χ0v) is 13.2. The molecule has 2 heterocycles. The molecule has 0 aromatic heterocycles. The van der Waals surface area contributed by atoms with Crippen LogP contribution in [-0.2, 0) is 19.0 Å². The summed E-state index contributed by atoms with van der Waals surface area (Å²) in [4.78, 5) is 13.1. The highest BCUT2D eigenvalue weighted by molar-refractivity contribution is 5.89. The molecule has 0 N–H and O–H groups in total. The summed E-state index contributed by atoms with van der Waals surface area (Å²) in [5.74, 6) is 0.413. The van der Waals surface area contributed by atoms with Crippen LogP contribution in [0.5, 0.6) is 0 Å². The quantitative estimate of drug-likeness (QED) is 0.803. The minimum Gasteiger partial charge on any atom is -0.381 e. The third-order valence-corrected chi connectivity index (χ3v) is 5.77. The number of carbonyl (C=O) groups excluding carboxylic acids is 1. The summed E-state index contributed by atoms with van der Waals surface area (Å²) in [6.07, 6.45) is 9.20. The minimum absolute atomic E-state index is 0.0169. The fraction of sp³-hybridized carbons (Fsp3) is 0.941. The summed E-state index contributed by atoms with van der Waals surface area (Å²) in [5.41, 5.74) is -0.618. The number of hydrogen-bond donors (Lipinski definition) is 0. The first-order valence-electron chi connectivity index (χ1n) is 8.51.